The Bertz CT molecular complexity index is 264. The summed E-state index contributed by atoms with van der Waals surface area (Å²) in [6.45, 7) is 3.27. The third-order valence-electron chi connectivity index (χ3n) is 2.34. The van der Waals surface area contributed by atoms with Crippen molar-refractivity contribution in [2.45, 2.75) is 32.2 Å². The van der Waals surface area contributed by atoms with Crippen molar-refractivity contribution in [1.82, 2.24) is 9.78 Å². The molecule has 0 saturated heterocycles. The molecule has 1 aromatic heterocycles. The van der Waals surface area contributed by atoms with Crippen molar-refractivity contribution in [2.75, 3.05) is 5.73 Å². The van der Waals surface area contributed by atoms with Crippen molar-refractivity contribution >= 4 is 5.82 Å². The third-order valence-corrected chi connectivity index (χ3v) is 2.34. The molecule has 0 bridgehead atoms. The predicted molar refractivity (Wildman–Crippen MR) is 44.3 cm³/mol. The van der Waals surface area contributed by atoms with Crippen LogP contribution in [0.5, 0.6) is 0 Å². The van der Waals surface area contributed by atoms with E-state index in [1.54, 1.807) is 0 Å². The zero-order valence-corrected chi connectivity index (χ0v) is 6.75. The van der Waals surface area contributed by atoms with Gasteiger partial charge in [0.25, 0.3) is 0 Å². The second-order valence-electron chi connectivity index (χ2n) is 3.26. The van der Waals surface area contributed by atoms with Gasteiger partial charge in [0, 0.05) is 18.3 Å². The van der Waals surface area contributed by atoms with E-state index >= 15 is 0 Å². The third kappa shape index (κ3) is 1.00. The van der Waals surface area contributed by atoms with Gasteiger partial charge in [-0.3, -0.25) is 4.68 Å². The number of nitrogens with two attached hydrogens (primary N) is 1. The molecule has 1 unspecified atom stereocenters. The highest BCUT2D eigenvalue weighted by atomic mass is 15.3. The Hall–Kier alpha value is -0.990. The second kappa shape index (κ2) is 2.26. The SMILES string of the molecule is CC1CCCn2nc(N)cc21. The van der Waals surface area contributed by atoms with E-state index in [0.29, 0.717) is 11.7 Å². The maximum atomic E-state index is 5.59. The molecule has 0 aromatic carbocycles. The summed E-state index contributed by atoms with van der Waals surface area (Å²) in [5.41, 5.74) is 6.89. The average molecular weight is 151 g/mol. The van der Waals surface area contributed by atoms with Gasteiger partial charge in [0.15, 0.2) is 0 Å². The van der Waals surface area contributed by atoms with Gasteiger partial charge in [-0.25, -0.2) is 0 Å². The van der Waals surface area contributed by atoms with E-state index in [-0.39, 0.29) is 0 Å². The van der Waals surface area contributed by atoms with Gasteiger partial charge < -0.3 is 5.73 Å². The van der Waals surface area contributed by atoms with Crippen LogP contribution >= 0.6 is 0 Å². The van der Waals surface area contributed by atoms with E-state index in [0.717, 1.165) is 6.54 Å². The highest BCUT2D eigenvalue weighted by Gasteiger charge is 2.17. The highest BCUT2D eigenvalue weighted by molar-refractivity contribution is 5.31. The molecular weight excluding hydrogens is 138 g/mol. The van der Waals surface area contributed by atoms with E-state index in [1.807, 2.05) is 10.7 Å². The van der Waals surface area contributed by atoms with Crippen molar-refractivity contribution in [1.29, 1.82) is 0 Å². The molecule has 1 aliphatic heterocycles. The molecule has 0 aliphatic carbocycles. The first-order valence-electron chi connectivity index (χ1n) is 4.10. The lowest BCUT2D eigenvalue weighted by molar-refractivity contribution is 0.441. The monoisotopic (exact) mass is 151 g/mol. The fourth-order valence-corrected chi connectivity index (χ4v) is 1.72. The summed E-state index contributed by atoms with van der Waals surface area (Å²) >= 11 is 0. The lowest BCUT2D eigenvalue weighted by Crippen LogP contribution is -2.13. The zero-order chi connectivity index (χ0) is 7.84. The van der Waals surface area contributed by atoms with Gasteiger partial charge in [-0.2, -0.15) is 5.10 Å². The molecule has 1 atom stereocenters. The minimum atomic E-state index is 0.633. The summed E-state index contributed by atoms with van der Waals surface area (Å²) in [5.74, 6) is 1.29. The molecule has 0 fully saturated rings. The summed E-state index contributed by atoms with van der Waals surface area (Å²) in [6.07, 6.45) is 2.50. The van der Waals surface area contributed by atoms with Crippen LogP contribution in [0, 0.1) is 0 Å². The molecule has 1 aromatic rings. The van der Waals surface area contributed by atoms with E-state index in [9.17, 15) is 0 Å². The normalized spacial score (nSPS) is 23.2. The van der Waals surface area contributed by atoms with Crippen LogP contribution in [-0.2, 0) is 6.54 Å². The first-order chi connectivity index (χ1) is 5.27. The number of nitrogens with zero attached hydrogens (tertiary/aromatic N) is 2. The van der Waals surface area contributed by atoms with Crippen LogP contribution in [0.4, 0.5) is 5.82 Å². The topological polar surface area (TPSA) is 43.8 Å². The van der Waals surface area contributed by atoms with E-state index in [2.05, 4.69) is 12.0 Å². The predicted octanol–water partition coefficient (Wildman–Crippen LogP) is 1.36. The average Bonchev–Trinajstić information content (AvgIpc) is 2.31. The number of anilines is 1. The van der Waals surface area contributed by atoms with Crippen LogP contribution < -0.4 is 5.73 Å². The van der Waals surface area contributed by atoms with Gasteiger partial charge in [0.05, 0.1) is 0 Å². The zero-order valence-electron chi connectivity index (χ0n) is 6.75. The molecular formula is C8H13N3. The number of fused-ring (bicyclic) bond motifs is 1. The molecule has 2 heterocycles. The van der Waals surface area contributed by atoms with Gasteiger partial charge in [-0.1, -0.05) is 6.92 Å². The molecule has 0 radical (unpaired) electrons. The Balaban J connectivity index is 2.43. The summed E-state index contributed by atoms with van der Waals surface area (Å²) in [7, 11) is 0. The first kappa shape index (κ1) is 6.70. The molecule has 0 spiro atoms. The summed E-state index contributed by atoms with van der Waals surface area (Å²) in [5, 5.41) is 4.20. The maximum Gasteiger partial charge on any atom is 0.145 e. The van der Waals surface area contributed by atoms with Crippen LogP contribution in [0.25, 0.3) is 0 Å². The Morgan fingerprint density at radius 3 is 3.27 bits per heavy atom. The fourth-order valence-electron chi connectivity index (χ4n) is 1.72. The minimum absolute atomic E-state index is 0.633. The summed E-state index contributed by atoms with van der Waals surface area (Å²) in [4.78, 5) is 0. The molecule has 3 nitrogen and oxygen atoms in total. The Kier molecular flexibility index (Phi) is 1.37. The maximum absolute atomic E-state index is 5.59. The molecule has 3 heteroatoms. The number of aromatic nitrogens is 2. The van der Waals surface area contributed by atoms with E-state index < -0.39 is 0 Å². The van der Waals surface area contributed by atoms with E-state index in [1.165, 1.54) is 18.5 Å². The van der Waals surface area contributed by atoms with Crippen LogP contribution in [0.15, 0.2) is 6.07 Å². The highest BCUT2D eigenvalue weighted by Crippen LogP contribution is 2.27. The quantitative estimate of drug-likeness (QED) is 0.608. The number of nitrogen functional groups attached to an aromatic ring is 1. The summed E-state index contributed by atoms with van der Waals surface area (Å²) < 4.78 is 2.03. The Morgan fingerprint density at radius 1 is 1.73 bits per heavy atom. The van der Waals surface area contributed by atoms with Gasteiger partial charge in [0.1, 0.15) is 5.82 Å². The van der Waals surface area contributed by atoms with Crippen LogP contribution in [-0.4, -0.2) is 9.78 Å². The van der Waals surface area contributed by atoms with Crippen LogP contribution in [0.3, 0.4) is 0 Å². The van der Waals surface area contributed by atoms with Crippen molar-refractivity contribution in [2.24, 2.45) is 0 Å². The summed E-state index contributed by atoms with van der Waals surface area (Å²) in [6, 6.07) is 1.99. The molecule has 11 heavy (non-hydrogen) atoms. The van der Waals surface area contributed by atoms with Gasteiger partial charge in [-0.15, -0.1) is 0 Å². The standard InChI is InChI=1S/C8H13N3/c1-6-3-2-4-11-7(6)5-8(9)10-11/h5-6H,2-4H2,1H3,(H2,9,10). The number of rotatable bonds is 0. The van der Waals surface area contributed by atoms with Crippen molar-refractivity contribution in [3.63, 3.8) is 0 Å². The smallest absolute Gasteiger partial charge is 0.145 e. The number of hydrogen-bond donors (Lipinski definition) is 1. The molecule has 1 aliphatic rings. The first-order valence-corrected chi connectivity index (χ1v) is 4.10. The lowest BCUT2D eigenvalue weighted by Gasteiger charge is -2.19. The van der Waals surface area contributed by atoms with Gasteiger partial charge in [0.2, 0.25) is 0 Å². The molecule has 0 saturated carbocycles. The van der Waals surface area contributed by atoms with Gasteiger partial charge >= 0.3 is 0 Å². The second-order valence-corrected chi connectivity index (χ2v) is 3.26. The largest absolute Gasteiger partial charge is 0.382 e. The lowest BCUT2D eigenvalue weighted by atomic mass is 9.99. The van der Waals surface area contributed by atoms with Crippen LogP contribution in [0.1, 0.15) is 31.4 Å². The van der Waals surface area contributed by atoms with Crippen molar-refractivity contribution in [3.8, 4) is 0 Å². The van der Waals surface area contributed by atoms with Crippen LogP contribution in [0.2, 0.25) is 0 Å². The fraction of sp³-hybridized carbons (Fsp3) is 0.625. The number of aryl methyl sites for hydroxylation is 1. The van der Waals surface area contributed by atoms with Gasteiger partial charge in [-0.05, 0) is 18.8 Å². The molecule has 2 rings (SSSR count). The molecule has 0 amide bonds. The molecule has 60 valence electrons. The number of hydrogen-bond acceptors (Lipinski definition) is 2. The van der Waals surface area contributed by atoms with Crippen molar-refractivity contribution < 1.29 is 0 Å². The Morgan fingerprint density at radius 2 is 2.55 bits per heavy atom. The Labute approximate surface area is 66.2 Å². The van der Waals surface area contributed by atoms with Crippen molar-refractivity contribution in [3.05, 3.63) is 11.8 Å². The molecule has 2 N–H and O–H groups in total. The van der Waals surface area contributed by atoms with E-state index in [4.69, 9.17) is 5.73 Å². The minimum Gasteiger partial charge on any atom is -0.382 e.